The summed E-state index contributed by atoms with van der Waals surface area (Å²) >= 11 is 0. The van der Waals surface area contributed by atoms with Gasteiger partial charge in [-0.2, -0.15) is 0 Å². The Balaban J connectivity index is 2.92. The lowest BCUT2D eigenvalue weighted by Gasteiger charge is -2.30. The fraction of sp³-hybridized carbons (Fsp3) is 0.333. The fourth-order valence-electron chi connectivity index (χ4n) is 1.88. The van der Waals surface area contributed by atoms with Gasteiger partial charge in [0.05, 0.1) is 12.6 Å². The summed E-state index contributed by atoms with van der Waals surface area (Å²) < 4.78 is 13.7. The second-order valence-corrected chi connectivity index (χ2v) is 4.54. The van der Waals surface area contributed by atoms with Crippen LogP contribution in [0.4, 0.5) is 9.18 Å². The highest BCUT2D eigenvalue weighted by atomic mass is 19.1. The van der Waals surface area contributed by atoms with E-state index in [-0.39, 0.29) is 6.54 Å². The van der Waals surface area contributed by atoms with Crippen LogP contribution in [0.3, 0.4) is 0 Å². The zero-order chi connectivity index (χ0) is 16.0. The molecular formula is C15H17FN2O3. The molecule has 1 N–H and O–H groups in total. The molecule has 0 radical (unpaired) electrons. The van der Waals surface area contributed by atoms with Crippen LogP contribution in [0.15, 0.2) is 24.3 Å². The zero-order valence-corrected chi connectivity index (χ0v) is 11.9. The topological polar surface area (TPSA) is 60.9 Å². The molecule has 2 amide bonds. The Hall–Kier alpha value is -2.55. The third kappa shape index (κ3) is 4.21. The number of terminal acetylenes is 1. The summed E-state index contributed by atoms with van der Waals surface area (Å²) in [5.41, 5.74) is 0.351. The van der Waals surface area contributed by atoms with Gasteiger partial charge in [0.1, 0.15) is 12.4 Å². The van der Waals surface area contributed by atoms with E-state index in [0.717, 1.165) is 4.90 Å². The lowest BCUT2D eigenvalue weighted by atomic mass is 10.1. The van der Waals surface area contributed by atoms with Crippen molar-refractivity contribution in [2.75, 3.05) is 20.1 Å². The van der Waals surface area contributed by atoms with Gasteiger partial charge in [0.2, 0.25) is 0 Å². The van der Waals surface area contributed by atoms with E-state index in [2.05, 4.69) is 5.92 Å². The maximum absolute atomic E-state index is 13.7. The minimum absolute atomic E-state index is 0.126. The van der Waals surface area contributed by atoms with Crippen LogP contribution in [0, 0.1) is 18.2 Å². The minimum atomic E-state index is -1.16. The molecule has 0 aliphatic rings. The molecule has 0 saturated carbocycles. The number of rotatable bonds is 5. The van der Waals surface area contributed by atoms with Gasteiger partial charge in [-0.25, -0.2) is 9.18 Å². The smallest absolute Gasteiger partial charge is 0.323 e. The van der Waals surface area contributed by atoms with Crippen molar-refractivity contribution in [2.24, 2.45) is 0 Å². The number of nitrogens with zero attached hydrogens (tertiary/aromatic N) is 2. The van der Waals surface area contributed by atoms with Crippen molar-refractivity contribution in [1.29, 1.82) is 0 Å². The normalized spacial score (nSPS) is 11.3. The van der Waals surface area contributed by atoms with Gasteiger partial charge < -0.3 is 14.9 Å². The second-order valence-electron chi connectivity index (χ2n) is 4.54. The number of carbonyl (C=O) groups is 2. The van der Waals surface area contributed by atoms with Crippen LogP contribution in [-0.4, -0.2) is 47.0 Å². The molecule has 21 heavy (non-hydrogen) atoms. The number of halogens is 1. The van der Waals surface area contributed by atoms with E-state index in [0.29, 0.717) is 5.56 Å². The van der Waals surface area contributed by atoms with Crippen molar-refractivity contribution in [3.05, 3.63) is 35.6 Å². The van der Waals surface area contributed by atoms with E-state index in [9.17, 15) is 14.0 Å². The van der Waals surface area contributed by atoms with Gasteiger partial charge in [-0.15, -0.1) is 6.42 Å². The summed E-state index contributed by atoms with van der Waals surface area (Å²) in [6.07, 6.45) is 5.14. The molecule has 0 bridgehead atoms. The van der Waals surface area contributed by atoms with Crippen molar-refractivity contribution in [1.82, 2.24) is 9.80 Å². The van der Waals surface area contributed by atoms with Gasteiger partial charge in [0.25, 0.3) is 0 Å². The average molecular weight is 292 g/mol. The highest BCUT2D eigenvalue weighted by molar-refractivity contribution is 5.80. The quantitative estimate of drug-likeness (QED) is 0.844. The fourth-order valence-corrected chi connectivity index (χ4v) is 1.88. The summed E-state index contributed by atoms with van der Waals surface area (Å²) in [6.45, 7) is 1.03. The molecule has 0 spiro atoms. The first-order valence-corrected chi connectivity index (χ1v) is 6.30. The highest BCUT2D eigenvalue weighted by Gasteiger charge is 2.25. The predicted molar refractivity (Wildman–Crippen MR) is 76.0 cm³/mol. The maximum atomic E-state index is 13.7. The van der Waals surface area contributed by atoms with Crippen LogP contribution in [0.1, 0.15) is 18.5 Å². The molecule has 6 heteroatoms. The molecular weight excluding hydrogens is 275 g/mol. The molecule has 112 valence electrons. The Morgan fingerprint density at radius 1 is 1.43 bits per heavy atom. The SMILES string of the molecule is C#CCN(CC(=O)O)C(=O)N(C)C(C)c1ccccc1F. The van der Waals surface area contributed by atoms with Gasteiger partial charge in [-0.3, -0.25) is 4.79 Å². The third-order valence-electron chi connectivity index (χ3n) is 3.12. The second kappa shape index (κ2) is 7.29. The molecule has 1 aromatic carbocycles. The third-order valence-corrected chi connectivity index (χ3v) is 3.12. The largest absolute Gasteiger partial charge is 0.480 e. The number of benzene rings is 1. The van der Waals surface area contributed by atoms with Crippen LogP contribution in [0.25, 0.3) is 0 Å². The average Bonchev–Trinajstić information content (AvgIpc) is 2.44. The Morgan fingerprint density at radius 3 is 2.57 bits per heavy atom. The van der Waals surface area contributed by atoms with Crippen LogP contribution in [0.2, 0.25) is 0 Å². The molecule has 0 aromatic heterocycles. The first-order valence-electron chi connectivity index (χ1n) is 6.30. The van der Waals surface area contributed by atoms with Gasteiger partial charge in [-0.05, 0) is 13.0 Å². The van der Waals surface area contributed by atoms with E-state index in [4.69, 9.17) is 11.5 Å². The number of hydrogen-bond acceptors (Lipinski definition) is 2. The van der Waals surface area contributed by atoms with Crippen molar-refractivity contribution < 1.29 is 19.1 Å². The van der Waals surface area contributed by atoms with E-state index in [1.165, 1.54) is 18.0 Å². The summed E-state index contributed by atoms with van der Waals surface area (Å²) in [5.74, 6) is 0.654. The van der Waals surface area contributed by atoms with Gasteiger partial charge in [-0.1, -0.05) is 24.1 Å². The summed E-state index contributed by atoms with van der Waals surface area (Å²) in [7, 11) is 1.48. The molecule has 0 heterocycles. The van der Waals surface area contributed by atoms with Crippen molar-refractivity contribution in [2.45, 2.75) is 13.0 Å². The number of hydrogen-bond donors (Lipinski definition) is 1. The Labute approximate surface area is 123 Å². The molecule has 5 nitrogen and oxygen atoms in total. The zero-order valence-electron chi connectivity index (χ0n) is 11.9. The van der Waals surface area contributed by atoms with Crippen LogP contribution in [-0.2, 0) is 4.79 Å². The lowest BCUT2D eigenvalue weighted by molar-refractivity contribution is -0.137. The van der Waals surface area contributed by atoms with Crippen molar-refractivity contribution in [3.8, 4) is 12.3 Å². The van der Waals surface area contributed by atoms with Crippen LogP contribution in [0.5, 0.6) is 0 Å². The predicted octanol–water partition coefficient (Wildman–Crippen LogP) is 1.96. The van der Waals surface area contributed by atoms with E-state index >= 15 is 0 Å². The highest BCUT2D eigenvalue weighted by Crippen LogP contribution is 2.22. The monoisotopic (exact) mass is 292 g/mol. The van der Waals surface area contributed by atoms with Gasteiger partial charge in [0.15, 0.2) is 0 Å². The Kier molecular flexibility index (Phi) is 5.73. The van der Waals surface area contributed by atoms with E-state index < -0.39 is 30.4 Å². The Morgan fingerprint density at radius 2 is 2.05 bits per heavy atom. The summed E-state index contributed by atoms with van der Waals surface area (Å²) in [4.78, 5) is 25.3. The van der Waals surface area contributed by atoms with Crippen LogP contribution >= 0.6 is 0 Å². The number of carbonyl (C=O) groups excluding carboxylic acids is 1. The molecule has 1 atom stereocenters. The maximum Gasteiger partial charge on any atom is 0.323 e. The van der Waals surface area contributed by atoms with Crippen molar-refractivity contribution in [3.63, 3.8) is 0 Å². The first kappa shape index (κ1) is 16.5. The molecule has 1 aromatic rings. The van der Waals surface area contributed by atoms with E-state index in [1.807, 2.05) is 0 Å². The number of carboxylic acid groups (broad SMARTS) is 1. The number of carboxylic acids is 1. The van der Waals surface area contributed by atoms with Crippen molar-refractivity contribution >= 4 is 12.0 Å². The number of urea groups is 1. The Bertz CT molecular complexity index is 568. The first-order chi connectivity index (χ1) is 9.88. The van der Waals surface area contributed by atoms with Gasteiger partial charge in [0, 0.05) is 12.6 Å². The summed E-state index contributed by atoms with van der Waals surface area (Å²) in [5, 5.41) is 8.80. The lowest BCUT2D eigenvalue weighted by Crippen LogP contribution is -2.44. The molecule has 1 rings (SSSR count). The van der Waals surface area contributed by atoms with Crippen LogP contribution < -0.4 is 0 Å². The molecule has 1 unspecified atom stereocenters. The van der Waals surface area contributed by atoms with E-state index in [1.54, 1.807) is 25.1 Å². The molecule has 0 fully saturated rings. The summed E-state index contributed by atoms with van der Waals surface area (Å²) in [6, 6.07) is 5.00. The standard InChI is InChI=1S/C15H17FN2O3/c1-4-9-18(10-14(19)20)15(21)17(3)11(2)12-7-5-6-8-13(12)16/h1,5-8,11H,9-10H2,2-3H3,(H,19,20). The molecule has 0 aliphatic heterocycles. The number of aliphatic carboxylic acids is 1. The van der Waals surface area contributed by atoms with Gasteiger partial charge >= 0.3 is 12.0 Å². The number of amides is 2. The molecule has 0 aliphatic carbocycles. The molecule has 0 saturated heterocycles. The minimum Gasteiger partial charge on any atom is -0.480 e.